The Morgan fingerprint density at radius 1 is 0.467 bits per heavy atom. The lowest BCUT2D eigenvalue weighted by molar-refractivity contribution is -0.176. The van der Waals surface area contributed by atoms with Gasteiger partial charge in [-0.05, 0) is 95.8 Å². The fourth-order valence-electron chi connectivity index (χ4n) is 8.92. The van der Waals surface area contributed by atoms with Crippen LogP contribution in [0.3, 0.4) is 0 Å². The van der Waals surface area contributed by atoms with E-state index in [1.54, 1.807) is 53.3 Å². The number of hydrogen-bond donors (Lipinski definition) is 0. The second kappa shape index (κ2) is 28.1. The highest BCUT2D eigenvalue weighted by atomic mass is 79.9. The molecule has 0 N–H and O–H groups in total. The maximum absolute atomic E-state index is 14.9. The van der Waals surface area contributed by atoms with Crippen molar-refractivity contribution in [2.45, 2.75) is 163 Å². The van der Waals surface area contributed by atoms with Crippen molar-refractivity contribution in [2.24, 2.45) is 23.7 Å². The number of esters is 4. The van der Waals surface area contributed by atoms with Gasteiger partial charge in [0.05, 0.1) is 17.2 Å². The van der Waals surface area contributed by atoms with E-state index in [2.05, 4.69) is 21.0 Å². The van der Waals surface area contributed by atoms with Crippen LogP contribution in [0.4, 0.5) is 0 Å². The highest BCUT2D eigenvalue weighted by Gasteiger charge is 2.43. The normalized spacial score (nSPS) is 24.0. The summed E-state index contributed by atoms with van der Waals surface area (Å²) in [7, 11) is 5.56. The van der Waals surface area contributed by atoms with Gasteiger partial charge in [0.1, 0.15) is 24.2 Å². The van der Waals surface area contributed by atoms with Crippen molar-refractivity contribution in [3.05, 3.63) is 88.2 Å². The molecule has 0 bridgehead atoms. The molecule has 0 unspecified atom stereocenters. The Hall–Kier alpha value is -6.11. The third-order valence-electron chi connectivity index (χ3n) is 13.1. The van der Waals surface area contributed by atoms with Crippen molar-refractivity contribution in [1.82, 2.24) is 29.4 Å². The van der Waals surface area contributed by atoms with Crippen LogP contribution in [0.25, 0.3) is 0 Å². The van der Waals surface area contributed by atoms with Crippen LogP contribution >= 0.6 is 15.9 Å². The summed E-state index contributed by atoms with van der Waals surface area (Å²) in [5.74, 6) is -7.30. The van der Waals surface area contributed by atoms with Crippen LogP contribution in [0.5, 0.6) is 0 Å². The summed E-state index contributed by atoms with van der Waals surface area (Å²) in [6.45, 7) is 18.0. The van der Waals surface area contributed by atoms with E-state index < -0.39 is 96.1 Å². The molecule has 1 saturated heterocycles. The van der Waals surface area contributed by atoms with Crippen LogP contribution in [-0.2, 0) is 76.7 Å². The Morgan fingerprint density at radius 3 is 1.12 bits per heavy atom. The Bertz CT molecular complexity index is 2410. The summed E-state index contributed by atoms with van der Waals surface area (Å²) in [6, 6.07) is 11.1. The minimum Gasteiger partial charge on any atom is -0.451 e. The SMILES string of the molecule is CC(C)C[C@H]1C(=O)O[C@H](Cc2ccc(Cn3cc(Br)cn3)cc2)C(=O)N(C)[C@@H](CC(C)C)C(=O)O[C@H](C)C(=O)N(C)[C@@H](CC(C)C)C(=O)O[C@H](Cc2ccccc2)C(=O)N(C)[C@@H](CC(C)C)C(=O)O[C@H](C)C(=O)N1C. The van der Waals surface area contributed by atoms with Crippen LogP contribution < -0.4 is 0 Å². The molecular weight excluding hydrogens is 1030 g/mol. The Labute approximate surface area is 451 Å². The maximum Gasteiger partial charge on any atom is 0.329 e. The molecule has 4 amide bonds. The third kappa shape index (κ3) is 17.7. The predicted molar refractivity (Wildman–Crippen MR) is 284 cm³/mol. The number of benzene rings is 2. The summed E-state index contributed by atoms with van der Waals surface area (Å²) in [5.41, 5.74) is 2.16. The van der Waals surface area contributed by atoms with Crippen LogP contribution in [-0.4, -0.2) is 154 Å². The van der Waals surface area contributed by atoms with Crippen molar-refractivity contribution >= 4 is 63.4 Å². The molecule has 19 heteroatoms. The topological polar surface area (TPSA) is 204 Å². The van der Waals surface area contributed by atoms with E-state index in [4.69, 9.17) is 18.9 Å². The molecule has 1 aliphatic heterocycles. The number of aromatic nitrogens is 2. The van der Waals surface area contributed by atoms with Gasteiger partial charge in [0.25, 0.3) is 23.6 Å². The summed E-state index contributed by atoms with van der Waals surface area (Å²) in [4.78, 5) is 121. The lowest BCUT2D eigenvalue weighted by atomic mass is 9.99. The molecule has 3 aromatic rings. The Morgan fingerprint density at radius 2 is 0.787 bits per heavy atom. The van der Waals surface area contributed by atoms with Gasteiger partial charge >= 0.3 is 23.9 Å². The fourth-order valence-corrected chi connectivity index (χ4v) is 9.24. The fraction of sp³-hybridized carbons (Fsp3) is 0.589. The van der Waals surface area contributed by atoms with Crippen molar-refractivity contribution in [2.75, 3.05) is 28.2 Å². The zero-order valence-electron chi connectivity index (χ0n) is 46.2. The quantitative estimate of drug-likeness (QED) is 0.122. The molecule has 1 fully saturated rings. The molecule has 2 heterocycles. The molecule has 1 aromatic heterocycles. The van der Waals surface area contributed by atoms with Gasteiger partial charge in [-0.15, -0.1) is 0 Å². The number of carbonyl (C=O) groups excluding carboxylic acids is 8. The first kappa shape index (κ1) is 61.4. The highest BCUT2D eigenvalue weighted by molar-refractivity contribution is 9.10. The average Bonchev–Trinajstić information content (AvgIpc) is 3.77. The van der Waals surface area contributed by atoms with Crippen LogP contribution in [0.15, 0.2) is 71.5 Å². The minimum atomic E-state index is -1.53. The van der Waals surface area contributed by atoms with Gasteiger partial charge in [-0.3, -0.25) is 23.9 Å². The molecule has 0 spiro atoms. The van der Waals surface area contributed by atoms with Gasteiger partial charge in [0.2, 0.25) is 0 Å². The number of halogens is 1. The minimum absolute atomic E-state index is 0.0891. The molecule has 0 saturated carbocycles. The molecule has 18 nitrogen and oxygen atoms in total. The summed E-state index contributed by atoms with van der Waals surface area (Å²) >= 11 is 3.41. The largest absolute Gasteiger partial charge is 0.451 e. The zero-order valence-corrected chi connectivity index (χ0v) is 47.8. The van der Waals surface area contributed by atoms with Crippen LogP contribution in [0, 0.1) is 23.7 Å². The molecule has 0 aliphatic carbocycles. The van der Waals surface area contributed by atoms with E-state index in [1.165, 1.54) is 42.0 Å². The number of likely N-dealkylation sites (N-methyl/N-ethyl adjacent to an activating group) is 4. The maximum atomic E-state index is 14.9. The van der Waals surface area contributed by atoms with Gasteiger partial charge in [-0.1, -0.05) is 110 Å². The number of amides is 4. The van der Waals surface area contributed by atoms with Crippen molar-refractivity contribution < 1.29 is 57.3 Å². The van der Waals surface area contributed by atoms with E-state index in [-0.39, 0.29) is 62.2 Å². The van der Waals surface area contributed by atoms with Crippen LogP contribution in [0.1, 0.15) is 112 Å². The number of ether oxygens (including phenoxy) is 4. The Balaban J connectivity index is 1.85. The van der Waals surface area contributed by atoms with Gasteiger partial charge in [0, 0.05) is 47.2 Å². The number of rotatable bonds is 14. The average molecular weight is 1110 g/mol. The summed E-state index contributed by atoms with van der Waals surface area (Å²) in [5, 5.41) is 4.32. The Kier molecular flexibility index (Phi) is 23.1. The van der Waals surface area contributed by atoms with Crippen molar-refractivity contribution in [3.63, 3.8) is 0 Å². The second-order valence-electron chi connectivity index (χ2n) is 21.5. The third-order valence-corrected chi connectivity index (χ3v) is 13.5. The predicted octanol–water partition coefficient (Wildman–Crippen LogP) is 6.67. The first-order valence-electron chi connectivity index (χ1n) is 25.9. The highest BCUT2D eigenvalue weighted by Crippen LogP contribution is 2.24. The lowest BCUT2D eigenvalue weighted by Gasteiger charge is -2.35. The molecule has 75 heavy (non-hydrogen) atoms. The number of carbonyl (C=O) groups is 8. The van der Waals surface area contributed by atoms with E-state index in [0.29, 0.717) is 17.7 Å². The van der Waals surface area contributed by atoms with Crippen molar-refractivity contribution in [1.29, 1.82) is 0 Å². The molecule has 1 aliphatic rings. The molecule has 412 valence electrons. The molecule has 0 radical (unpaired) electrons. The smallest absolute Gasteiger partial charge is 0.329 e. The molecular formula is C56H79BrN6O12. The van der Waals surface area contributed by atoms with Gasteiger partial charge in [-0.2, -0.15) is 5.10 Å². The van der Waals surface area contributed by atoms with Gasteiger partial charge in [0.15, 0.2) is 24.4 Å². The monoisotopic (exact) mass is 1110 g/mol. The first-order chi connectivity index (χ1) is 35.2. The number of hydrogen-bond acceptors (Lipinski definition) is 13. The van der Waals surface area contributed by atoms with E-state index in [9.17, 15) is 38.4 Å². The van der Waals surface area contributed by atoms with Crippen molar-refractivity contribution in [3.8, 4) is 0 Å². The van der Waals surface area contributed by atoms with Gasteiger partial charge < -0.3 is 38.5 Å². The van der Waals surface area contributed by atoms with E-state index in [0.717, 1.165) is 29.6 Å². The summed E-state index contributed by atoms with van der Waals surface area (Å²) < 4.78 is 26.6. The molecule has 8 atom stereocenters. The van der Waals surface area contributed by atoms with Gasteiger partial charge in [-0.25, -0.2) is 19.2 Å². The number of nitrogens with zero attached hydrogens (tertiary/aromatic N) is 6. The molecule has 4 rings (SSSR count). The first-order valence-corrected chi connectivity index (χ1v) is 26.7. The standard InChI is InChI=1S/C56H79BrN6O12/c1-33(2)24-43-53(68)72-38(10)50(65)60(12)46(27-36(7)8)56(71)75-48(29-40-20-22-41(23-21-40)31-63-32-42(57)30-58-63)52(67)62(14)44(25-34(3)4)54(69)73-37(9)49(64)59(11)45(26-35(5)6)55(70)74-47(51(66)61(43)13)28-39-18-16-15-17-19-39/h15-23,30,32-38,43-48H,24-29,31H2,1-14H3/t37-,38-,43+,44+,45+,46+,47-,48-/m1/s1. The second-order valence-corrected chi connectivity index (χ2v) is 22.4. The van der Waals surface area contributed by atoms with E-state index in [1.807, 2.05) is 73.7 Å². The molecule has 2 aromatic carbocycles. The lowest BCUT2D eigenvalue weighted by Crippen LogP contribution is -2.55. The van der Waals surface area contributed by atoms with E-state index >= 15 is 0 Å². The zero-order chi connectivity index (χ0) is 56.0. The van der Waals surface area contributed by atoms with Crippen LogP contribution in [0.2, 0.25) is 0 Å². The number of cyclic esters (lactones) is 4. The summed E-state index contributed by atoms with van der Waals surface area (Å²) in [6.07, 6.45) is -2.28.